The molecule has 0 spiro atoms. The minimum atomic E-state index is 0.616. The number of ether oxygens (including phenoxy) is 1. The summed E-state index contributed by atoms with van der Waals surface area (Å²) in [5, 5.41) is 3.76. The molecule has 0 amide bonds. The molecule has 1 aromatic heterocycles. The largest absolute Gasteiger partial charge is 0.438 e. The van der Waals surface area contributed by atoms with Crippen molar-refractivity contribution in [1.82, 2.24) is 10.3 Å². The molecule has 0 aliphatic rings. The fraction of sp³-hybridized carbons (Fsp3) is 0.267. The molecule has 1 heterocycles. The molecule has 4 heteroatoms. The number of hydrogen-bond acceptors (Lipinski definition) is 3. The number of pyridine rings is 1. The van der Waals surface area contributed by atoms with Crippen LogP contribution >= 0.6 is 11.6 Å². The van der Waals surface area contributed by atoms with E-state index in [9.17, 15) is 0 Å². The third-order valence-electron chi connectivity index (χ3n) is 2.82. The smallest absolute Gasteiger partial charge is 0.222 e. The number of halogens is 1. The van der Waals surface area contributed by atoms with Crippen molar-refractivity contribution >= 4 is 11.6 Å². The summed E-state index contributed by atoms with van der Waals surface area (Å²) < 4.78 is 5.84. The van der Waals surface area contributed by atoms with Crippen LogP contribution in [0.1, 0.15) is 16.7 Å². The summed E-state index contributed by atoms with van der Waals surface area (Å²) in [6.07, 6.45) is 1.82. The molecule has 0 fully saturated rings. The highest BCUT2D eigenvalue weighted by atomic mass is 35.5. The van der Waals surface area contributed by atoms with Gasteiger partial charge in [0.25, 0.3) is 0 Å². The van der Waals surface area contributed by atoms with Gasteiger partial charge >= 0.3 is 0 Å². The van der Waals surface area contributed by atoms with Gasteiger partial charge in [-0.3, -0.25) is 0 Å². The number of nitrogens with one attached hydrogen (secondary N) is 1. The van der Waals surface area contributed by atoms with E-state index in [0.29, 0.717) is 10.9 Å². The Hall–Kier alpha value is -1.58. The summed E-state index contributed by atoms with van der Waals surface area (Å²) in [5.74, 6) is 1.36. The van der Waals surface area contributed by atoms with Gasteiger partial charge in [0.1, 0.15) is 5.75 Å². The van der Waals surface area contributed by atoms with Gasteiger partial charge < -0.3 is 10.1 Å². The van der Waals surface area contributed by atoms with Gasteiger partial charge in [-0.15, -0.1) is 0 Å². The maximum atomic E-state index is 5.98. The van der Waals surface area contributed by atoms with Gasteiger partial charge in [-0.05, 0) is 50.2 Å². The number of nitrogens with zero attached hydrogens (tertiary/aromatic N) is 1. The predicted molar refractivity (Wildman–Crippen MR) is 78.0 cm³/mol. The molecule has 100 valence electrons. The van der Waals surface area contributed by atoms with Crippen LogP contribution in [0.25, 0.3) is 0 Å². The SMILES string of the molecule is CNCc1cnc(Oc2cc(Cl)ccc2C)c(C)c1. The van der Waals surface area contributed by atoms with E-state index in [1.54, 1.807) is 6.07 Å². The summed E-state index contributed by atoms with van der Waals surface area (Å²) >= 11 is 5.98. The minimum Gasteiger partial charge on any atom is -0.438 e. The molecule has 0 saturated carbocycles. The van der Waals surface area contributed by atoms with Crippen LogP contribution in [0, 0.1) is 13.8 Å². The van der Waals surface area contributed by atoms with E-state index in [4.69, 9.17) is 16.3 Å². The Morgan fingerprint density at radius 3 is 2.68 bits per heavy atom. The van der Waals surface area contributed by atoms with Gasteiger partial charge in [-0.2, -0.15) is 0 Å². The Morgan fingerprint density at radius 1 is 1.21 bits per heavy atom. The molecule has 0 bridgehead atoms. The van der Waals surface area contributed by atoms with Crippen LogP contribution in [0.3, 0.4) is 0 Å². The standard InChI is InChI=1S/C15H17ClN2O/c1-10-4-5-13(16)7-14(10)19-15-11(2)6-12(8-17-3)9-18-15/h4-7,9,17H,8H2,1-3H3. The molecule has 1 N–H and O–H groups in total. The zero-order valence-corrected chi connectivity index (χ0v) is 12.1. The molecule has 0 unspecified atom stereocenters. The monoisotopic (exact) mass is 276 g/mol. The van der Waals surface area contributed by atoms with Crippen LogP contribution in [0.4, 0.5) is 0 Å². The molecule has 1 aromatic carbocycles. The van der Waals surface area contributed by atoms with Crippen molar-refractivity contribution < 1.29 is 4.74 Å². The first-order valence-corrected chi connectivity index (χ1v) is 6.52. The quantitative estimate of drug-likeness (QED) is 0.921. The zero-order chi connectivity index (χ0) is 13.8. The molecule has 2 rings (SSSR count). The molecule has 0 aliphatic carbocycles. The third kappa shape index (κ3) is 3.46. The van der Waals surface area contributed by atoms with Crippen LogP contribution in [-0.4, -0.2) is 12.0 Å². The van der Waals surface area contributed by atoms with Gasteiger partial charge in [0.15, 0.2) is 0 Å². The minimum absolute atomic E-state index is 0.616. The summed E-state index contributed by atoms with van der Waals surface area (Å²) in [6.45, 7) is 4.77. The van der Waals surface area contributed by atoms with Crippen LogP contribution < -0.4 is 10.1 Å². The highest BCUT2D eigenvalue weighted by Crippen LogP contribution is 2.28. The van der Waals surface area contributed by atoms with Gasteiger partial charge in [-0.1, -0.05) is 17.7 Å². The topological polar surface area (TPSA) is 34.2 Å². The van der Waals surface area contributed by atoms with E-state index in [1.165, 1.54) is 0 Å². The number of aromatic nitrogens is 1. The maximum Gasteiger partial charge on any atom is 0.222 e. The fourth-order valence-electron chi connectivity index (χ4n) is 1.82. The summed E-state index contributed by atoms with van der Waals surface area (Å²) in [5.41, 5.74) is 3.17. The summed E-state index contributed by atoms with van der Waals surface area (Å²) in [6, 6.07) is 7.65. The lowest BCUT2D eigenvalue weighted by Crippen LogP contribution is -2.06. The molecular weight excluding hydrogens is 260 g/mol. The molecule has 0 atom stereocenters. The van der Waals surface area contributed by atoms with Gasteiger partial charge in [0.05, 0.1) is 0 Å². The van der Waals surface area contributed by atoms with E-state index in [-0.39, 0.29) is 0 Å². The first kappa shape index (κ1) is 13.8. The average Bonchev–Trinajstić information content (AvgIpc) is 2.37. The van der Waals surface area contributed by atoms with Gasteiger partial charge in [0, 0.05) is 23.3 Å². The van der Waals surface area contributed by atoms with Crippen molar-refractivity contribution in [2.45, 2.75) is 20.4 Å². The molecule has 19 heavy (non-hydrogen) atoms. The van der Waals surface area contributed by atoms with Crippen molar-refractivity contribution in [2.75, 3.05) is 7.05 Å². The summed E-state index contributed by atoms with van der Waals surface area (Å²) in [4.78, 5) is 4.36. The van der Waals surface area contributed by atoms with Crippen LogP contribution in [0.5, 0.6) is 11.6 Å². The Morgan fingerprint density at radius 2 is 2.00 bits per heavy atom. The Bertz CT molecular complexity index is 584. The average molecular weight is 277 g/mol. The highest BCUT2D eigenvalue weighted by molar-refractivity contribution is 6.30. The Labute approximate surface area is 118 Å². The third-order valence-corrected chi connectivity index (χ3v) is 3.06. The molecule has 0 aliphatic heterocycles. The van der Waals surface area contributed by atoms with Crippen molar-refractivity contribution in [3.05, 3.63) is 52.2 Å². The highest BCUT2D eigenvalue weighted by Gasteiger charge is 2.07. The second kappa shape index (κ2) is 6.04. The lowest BCUT2D eigenvalue weighted by molar-refractivity contribution is 0.455. The first-order valence-electron chi connectivity index (χ1n) is 6.14. The van der Waals surface area contributed by atoms with Crippen LogP contribution in [0.2, 0.25) is 5.02 Å². The second-order valence-corrected chi connectivity index (χ2v) is 4.94. The van der Waals surface area contributed by atoms with Gasteiger partial charge in [-0.25, -0.2) is 4.98 Å². The lowest BCUT2D eigenvalue weighted by atomic mass is 10.2. The number of hydrogen-bond donors (Lipinski definition) is 1. The van der Waals surface area contributed by atoms with Gasteiger partial charge in [0.2, 0.25) is 5.88 Å². The van der Waals surface area contributed by atoms with Crippen molar-refractivity contribution in [3.8, 4) is 11.6 Å². The zero-order valence-electron chi connectivity index (χ0n) is 11.3. The Kier molecular flexibility index (Phi) is 4.40. The number of aryl methyl sites for hydroxylation is 2. The predicted octanol–water partition coefficient (Wildman–Crippen LogP) is 3.86. The van der Waals surface area contributed by atoms with E-state index in [1.807, 2.05) is 39.2 Å². The van der Waals surface area contributed by atoms with E-state index < -0.39 is 0 Å². The fourth-order valence-corrected chi connectivity index (χ4v) is 1.98. The van der Waals surface area contributed by atoms with E-state index >= 15 is 0 Å². The summed E-state index contributed by atoms with van der Waals surface area (Å²) in [7, 11) is 1.91. The second-order valence-electron chi connectivity index (χ2n) is 4.51. The van der Waals surface area contributed by atoms with Crippen molar-refractivity contribution in [2.24, 2.45) is 0 Å². The van der Waals surface area contributed by atoms with E-state index in [0.717, 1.165) is 29.0 Å². The molecule has 3 nitrogen and oxygen atoms in total. The lowest BCUT2D eigenvalue weighted by Gasteiger charge is -2.11. The van der Waals surface area contributed by atoms with E-state index in [2.05, 4.69) is 16.4 Å². The molecule has 0 radical (unpaired) electrons. The van der Waals surface area contributed by atoms with Crippen molar-refractivity contribution in [1.29, 1.82) is 0 Å². The van der Waals surface area contributed by atoms with Crippen molar-refractivity contribution in [3.63, 3.8) is 0 Å². The van der Waals surface area contributed by atoms with Crippen LogP contribution in [0.15, 0.2) is 30.5 Å². The molecular formula is C15H17ClN2O. The first-order chi connectivity index (χ1) is 9.10. The number of benzene rings is 1. The van der Waals surface area contributed by atoms with Crippen LogP contribution in [-0.2, 0) is 6.54 Å². The molecule has 2 aromatic rings. The Balaban J connectivity index is 2.25. The normalized spacial score (nSPS) is 10.5. The maximum absolute atomic E-state index is 5.98. The molecule has 0 saturated heterocycles. The number of rotatable bonds is 4.